The molecule has 0 aromatic heterocycles. The Kier molecular flexibility index (Phi) is 66.8. The Morgan fingerprint density at radius 1 is 0.287 bits per heavy atom. The van der Waals surface area contributed by atoms with Gasteiger partial charge in [-0.05, 0) is 103 Å². The summed E-state index contributed by atoms with van der Waals surface area (Å²) in [4.78, 5) is 72.7. The van der Waals surface area contributed by atoms with Gasteiger partial charge in [-0.1, -0.05) is 270 Å². The summed E-state index contributed by atoms with van der Waals surface area (Å²) in [6.07, 6.45) is 62.7. The number of aliphatic hydroxyl groups excluding tert-OH is 1. The summed E-state index contributed by atoms with van der Waals surface area (Å²) >= 11 is 0. The van der Waals surface area contributed by atoms with Crippen molar-refractivity contribution in [2.45, 2.75) is 380 Å². The number of carbonyl (C=O) groups excluding carboxylic acids is 4. The van der Waals surface area contributed by atoms with E-state index in [2.05, 4.69) is 64.2 Å². The Balaban J connectivity index is 5.30. The maximum absolute atomic E-state index is 13.1. The van der Waals surface area contributed by atoms with E-state index in [1.54, 1.807) is 0 Å². The minimum absolute atomic E-state index is 0.0890. The van der Waals surface area contributed by atoms with Crippen LogP contribution in [0.1, 0.15) is 362 Å². The van der Waals surface area contributed by atoms with Gasteiger partial charge in [0.05, 0.1) is 26.4 Å². The van der Waals surface area contributed by atoms with Gasteiger partial charge < -0.3 is 33.8 Å². The summed E-state index contributed by atoms with van der Waals surface area (Å²) in [6.45, 7) is 4.87. The molecule has 0 spiro atoms. The monoisotopic (exact) mass is 1370 g/mol. The van der Waals surface area contributed by atoms with Crippen LogP contribution in [0.2, 0.25) is 0 Å². The number of rotatable bonds is 73. The van der Waals surface area contributed by atoms with Crippen molar-refractivity contribution in [1.29, 1.82) is 0 Å². The van der Waals surface area contributed by atoms with E-state index in [1.165, 1.54) is 148 Å². The Hall–Kier alpha value is -2.72. The van der Waals surface area contributed by atoms with Crippen LogP contribution in [0.3, 0.4) is 0 Å². The standard InChI is InChI=1S/C75H140O17P2/c1-5-9-13-17-21-25-29-33-34-38-40-44-48-52-56-60-73(78)86-66-71(92-75(80)62-58-54-50-46-42-37-32-28-24-20-16-12-8-4)68-90-94(83,84)88-64-69(76)63-87-93(81,82)89-67-70(91-74(79)61-57-53-49-45-41-36-31-27-23-19-15-11-7-3)65-85-72(77)59-55-51-47-43-39-35-30-26-22-18-14-10-6-2/h26-28,30-32,69-71,76H,5-25,29,33-68H2,1-4H3,(H,81,82)(H,83,84)/b30-26-,31-27-,32-28-. The summed E-state index contributed by atoms with van der Waals surface area (Å²) in [5.74, 6) is -2.17. The van der Waals surface area contributed by atoms with E-state index in [1.807, 2.05) is 0 Å². The minimum atomic E-state index is -4.96. The van der Waals surface area contributed by atoms with Crippen molar-refractivity contribution in [3.63, 3.8) is 0 Å². The summed E-state index contributed by atoms with van der Waals surface area (Å²) in [5.41, 5.74) is 0. The quantitative estimate of drug-likeness (QED) is 0.0169. The lowest BCUT2D eigenvalue weighted by molar-refractivity contribution is -0.161. The van der Waals surface area contributed by atoms with Crippen LogP contribution < -0.4 is 0 Å². The lowest BCUT2D eigenvalue weighted by Crippen LogP contribution is -2.30. The summed E-state index contributed by atoms with van der Waals surface area (Å²) < 4.78 is 68.4. The fourth-order valence-corrected chi connectivity index (χ4v) is 12.3. The molecule has 552 valence electrons. The zero-order valence-electron chi connectivity index (χ0n) is 60.2. The van der Waals surface area contributed by atoms with Gasteiger partial charge in [0.1, 0.15) is 19.3 Å². The van der Waals surface area contributed by atoms with Crippen LogP contribution in [0.5, 0.6) is 0 Å². The van der Waals surface area contributed by atoms with Crippen LogP contribution in [0.25, 0.3) is 0 Å². The number of aliphatic hydroxyl groups is 1. The van der Waals surface area contributed by atoms with Crippen molar-refractivity contribution >= 4 is 39.5 Å². The number of allylic oxidation sites excluding steroid dienone is 6. The summed E-state index contributed by atoms with van der Waals surface area (Å²) in [5, 5.41) is 10.6. The van der Waals surface area contributed by atoms with Gasteiger partial charge in [-0.3, -0.25) is 37.3 Å². The third-order valence-corrected chi connectivity index (χ3v) is 18.5. The molecule has 0 fully saturated rings. The molecule has 0 aliphatic carbocycles. The predicted molar refractivity (Wildman–Crippen MR) is 381 cm³/mol. The highest BCUT2D eigenvalue weighted by molar-refractivity contribution is 7.47. The molecule has 0 aliphatic heterocycles. The topological polar surface area (TPSA) is 237 Å². The third kappa shape index (κ3) is 67.8. The molecule has 0 aliphatic rings. The van der Waals surface area contributed by atoms with Crippen molar-refractivity contribution in [1.82, 2.24) is 0 Å². The number of hydrogen-bond donors (Lipinski definition) is 3. The molecule has 0 aromatic carbocycles. The van der Waals surface area contributed by atoms with Gasteiger partial charge in [0.25, 0.3) is 0 Å². The average Bonchev–Trinajstić information content (AvgIpc) is 2.45. The molecular weight excluding hydrogens is 1230 g/mol. The third-order valence-electron chi connectivity index (χ3n) is 16.6. The smallest absolute Gasteiger partial charge is 0.462 e. The van der Waals surface area contributed by atoms with Crippen LogP contribution in [0.15, 0.2) is 36.5 Å². The maximum Gasteiger partial charge on any atom is 0.472 e. The first-order chi connectivity index (χ1) is 45.7. The first kappa shape index (κ1) is 91.3. The van der Waals surface area contributed by atoms with Gasteiger partial charge in [-0.2, -0.15) is 0 Å². The van der Waals surface area contributed by atoms with Gasteiger partial charge in [0.2, 0.25) is 0 Å². The molecule has 0 saturated carbocycles. The summed E-state index contributed by atoms with van der Waals surface area (Å²) in [6, 6.07) is 0. The maximum atomic E-state index is 13.1. The minimum Gasteiger partial charge on any atom is -0.462 e. The molecule has 0 aromatic rings. The molecule has 5 atom stereocenters. The SMILES string of the molecule is CCCCCC/C=C\CCCCCCCC(=O)OCC(COP(=O)(O)OCC(O)COP(=O)(O)OCC(COC(=O)CCCCCCCCCCCCCCCCC)OC(=O)CCCCCCC/C=C\CCCCCC)OC(=O)CCCCCCC/C=C\CCCCCC. The fraction of sp³-hybridized carbons (Fsp3) is 0.867. The molecular formula is C75H140O17P2. The Morgan fingerprint density at radius 3 is 0.745 bits per heavy atom. The fourth-order valence-electron chi connectivity index (χ4n) is 10.7. The number of hydrogen-bond acceptors (Lipinski definition) is 15. The van der Waals surface area contributed by atoms with Crippen LogP contribution in [-0.4, -0.2) is 96.7 Å². The number of esters is 4. The highest BCUT2D eigenvalue weighted by Gasteiger charge is 2.30. The Morgan fingerprint density at radius 2 is 0.489 bits per heavy atom. The number of phosphoric acid groups is 2. The van der Waals surface area contributed by atoms with Crippen molar-refractivity contribution in [3.05, 3.63) is 36.5 Å². The lowest BCUT2D eigenvalue weighted by Gasteiger charge is -2.21. The molecule has 0 heterocycles. The van der Waals surface area contributed by atoms with Crippen molar-refractivity contribution < 1.29 is 80.2 Å². The van der Waals surface area contributed by atoms with Crippen molar-refractivity contribution in [3.8, 4) is 0 Å². The van der Waals surface area contributed by atoms with Crippen LogP contribution in [0.4, 0.5) is 0 Å². The first-order valence-corrected chi connectivity index (χ1v) is 41.2. The number of ether oxygens (including phenoxy) is 4. The van der Waals surface area contributed by atoms with Gasteiger partial charge in [0.15, 0.2) is 12.2 Å². The first-order valence-electron chi connectivity index (χ1n) is 38.2. The molecule has 19 heteroatoms. The molecule has 0 saturated heterocycles. The lowest BCUT2D eigenvalue weighted by atomic mass is 10.0. The van der Waals surface area contributed by atoms with Crippen LogP contribution in [-0.2, 0) is 65.4 Å². The highest BCUT2D eigenvalue weighted by atomic mass is 31.2. The zero-order chi connectivity index (χ0) is 69.0. The number of phosphoric ester groups is 2. The van der Waals surface area contributed by atoms with E-state index in [4.69, 9.17) is 37.0 Å². The second-order valence-electron chi connectivity index (χ2n) is 25.9. The Bertz CT molecular complexity index is 1930. The largest absolute Gasteiger partial charge is 0.472 e. The molecule has 94 heavy (non-hydrogen) atoms. The average molecular weight is 1380 g/mol. The van der Waals surface area contributed by atoms with Gasteiger partial charge in [-0.25, -0.2) is 9.13 Å². The summed E-state index contributed by atoms with van der Waals surface area (Å²) in [7, 11) is -9.93. The molecule has 3 N–H and O–H groups in total. The Labute approximate surface area is 573 Å². The van der Waals surface area contributed by atoms with Crippen LogP contribution in [0, 0.1) is 0 Å². The van der Waals surface area contributed by atoms with E-state index >= 15 is 0 Å². The van der Waals surface area contributed by atoms with Gasteiger partial charge in [0, 0.05) is 25.7 Å². The van der Waals surface area contributed by atoms with Crippen molar-refractivity contribution in [2.24, 2.45) is 0 Å². The molecule has 0 rings (SSSR count). The molecule has 0 amide bonds. The highest BCUT2D eigenvalue weighted by Crippen LogP contribution is 2.45. The van der Waals surface area contributed by atoms with Gasteiger partial charge >= 0.3 is 39.5 Å². The molecule has 0 bridgehead atoms. The van der Waals surface area contributed by atoms with E-state index in [0.717, 1.165) is 135 Å². The second kappa shape index (κ2) is 68.8. The van der Waals surface area contributed by atoms with E-state index in [9.17, 15) is 43.2 Å². The van der Waals surface area contributed by atoms with Crippen LogP contribution >= 0.6 is 15.6 Å². The number of carbonyl (C=O) groups is 4. The molecule has 0 radical (unpaired) electrons. The predicted octanol–water partition coefficient (Wildman–Crippen LogP) is 21.6. The zero-order valence-corrected chi connectivity index (χ0v) is 61.9. The van der Waals surface area contributed by atoms with E-state index in [0.29, 0.717) is 25.7 Å². The van der Waals surface area contributed by atoms with Crippen molar-refractivity contribution in [2.75, 3.05) is 39.6 Å². The van der Waals surface area contributed by atoms with E-state index in [-0.39, 0.29) is 25.7 Å². The normalized spacial score (nSPS) is 14.2. The number of unbranched alkanes of at least 4 members (excludes halogenated alkanes) is 41. The van der Waals surface area contributed by atoms with E-state index < -0.39 is 97.5 Å². The van der Waals surface area contributed by atoms with Gasteiger partial charge in [-0.15, -0.1) is 0 Å². The second-order valence-corrected chi connectivity index (χ2v) is 28.9. The molecule has 5 unspecified atom stereocenters. The molecule has 17 nitrogen and oxygen atoms in total.